The van der Waals surface area contributed by atoms with E-state index in [9.17, 15) is 22.4 Å². The van der Waals surface area contributed by atoms with Crippen molar-refractivity contribution in [2.75, 3.05) is 30.8 Å². The minimum atomic E-state index is -4.68. The zero-order valence-electron chi connectivity index (χ0n) is 22.0. The van der Waals surface area contributed by atoms with Gasteiger partial charge in [0.2, 0.25) is 0 Å². The second kappa shape index (κ2) is 11.4. The molecular weight excluding hydrogens is 526 g/mol. The van der Waals surface area contributed by atoms with E-state index < -0.39 is 24.0 Å². The molecule has 3 aromatic rings. The Balaban J connectivity index is 1.40. The summed E-state index contributed by atoms with van der Waals surface area (Å²) in [6, 6.07) is 9.10. The lowest BCUT2D eigenvalue weighted by atomic mass is 10.00. The summed E-state index contributed by atoms with van der Waals surface area (Å²) in [5, 5.41) is 17.8. The predicted molar refractivity (Wildman–Crippen MR) is 146 cm³/mol. The van der Waals surface area contributed by atoms with Crippen LogP contribution >= 0.6 is 0 Å². The number of halogens is 4. The third kappa shape index (κ3) is 6.16. The Labute approximate surface area is 229 Å². The van der Waals surface area contributed by atoms with Crippen molar-refractivity contribution in [2.45, 2.75) is 56.2 Å². The van der Waals surface area contributed by atoms with Crippen LogP contribution in [0.25, 0.3) is 16.3 Å². The third-order valence-corrected chi connectivity index (χ3v) is 7.51. The van der Waals surface area contributed by atoms with Crippen molar-refractivity contribution in [3.63, 3.8) is 0 Å². The number of pyridine rings is 1. The molecule has 8 nitrogen and oxygen atoms in total. The molecule has 5 rings (SSSR count). The fourth-order valence-corrected chi connectivity index (χ4v) is 5.39. The van der Waals surface area contributed by atoms with Gasteiger partial charge in [0.05, 0.1) is 17.3 Å². The van der Waals surface area contributed by atoms with Gasteiger partial charge in [-0.1, -0.05) is 18.7 Å². The molecule has 0 bridgehead atoms. The molecule has 1 aliphatic carbocycles. The second-order valence-corrected chi connectivity index (χ2v) is 10.5. The van der Waals surface area contributed by atoms with Gasteiger partial charge < -0.3 is 20.9 Å². The van der Waals surface area contributed by atoms with E-state index in [2.05, 4.69) is 37.7 Å². The lowest BCUT2D eigenvalue weighted by Gasteiger charge is -2.33. The summed E-state index contributed by atoms with van der Waals surface area (Å²) in [5.41, 5.74) is -0.578. The fourth-order valence-electron chi connectivity index (χ4n) is 5.39. The number of hydrogen-bond donors (Lipinski definition) is 3. The number of piperidine rings is 1. The lowest BCUT2D eigenvalue weighted by Crippen LogP contribution is -2.46. The van der Waals surface area contributed by atoms with Crippen LogP contribution in [0.5, 0.6) is 0 Å². The maximum atomic E-state index is 14.8. The lowest BCUT2D eigenvalue weighted by molar-refractivity contribution is -0.0688. The van der Waals surface area contributed by atoms with Gasteiger partial charge in [-0.3, -0.25) is 4.79 Å². The fraction of sp³-hybridized carbons (Fsp3) is 0.429. The highest BCUT2D eigenvalue weighted by Crippen LogP contribution is 2.38. The molecule has 12 heteroatoms. The van der Waals surface area contributed by atoms with Crippen molar-refractivity contribution >= 4 is 33.8 Å². The summed E-state index contributed by atoms with van der Waals surface area (Å²) in [6.07, 6.45) is -1.83. The predicted octanol–water partition coefficient (Wildman–Crippen LogP) is 4.82. The number of benzene rings is 1. The molecule has 3 heterocycles. The summed E-state index contributed by atoms with van der Waals surface area (Å²) >= 11 is 0. The summed E-state index contributed by atoms with van der Waals surface area (Å²) in [5.74, 6) is -0.0737. The van der Waals surface area contributed by atoms with Gasteiger partial charge >= 0.3 is 6.18 Å². The van der Waals surface area contributed by atoms with Crippen LogP contribution in [0, 0.1) is 0 Å². The van der Waals surface area contributed by atoms with E-state index in [-0.39, 0.29) is 47.1 Å². The number of amides is 1. The number of carbonyl (C=O) groups excluding carboxylic acids is 1. The van der Waals surface area contributed by atoms with Crippen LogP contribution in [0.3, 0.4) is 0 Å². The average molecular weight is 558 g/mol. The second-order valence-electron chi connectivity index (χ2n) is 10.5. The topological polar surface area (TPSA) is 95.1 Å². The van der Waals surface area contributed by atoms with E-state index in [0.717, 1.165) is 0 Å². The van der Waals surface area contributed by atoms with E-state index in [1.165, 1.54) is 6.20 Å². The maximum absolute atomic E-state index is 14.8. The highest BCUT2D eigenvalue weighted by atomic mass is 19.4. The van der Waals surface area contributed by atoms with Crippen LogP contribution in [-0.4, -0.2) is 76.6 Å². The summed E-state index contributed by atoms with van der Waals surface area (Å²) < 4.78 is 56.2. The maximum Gasteiger partial charge on any atom is 0.417 e. The first-order chi connectivity index (χ1) is 19.1. The highest BCUT2D eigenvalue weighted by Gasteiger charge is 2.36. The van der Waals surface area contributed by atoms with Crippen molar-refractivity contribution in [3.8, 4) is 0 Å². The van der Waals surface area contributed by atoms with Crippen LogP contribution in [0.1, 0.15) is 41.9 Å². The van der Waals surface area contributed by atoms with Crippen molar-refractivity contribution < 1.29 is 22.4 Å². The van der Waals surface area contributed by atoms with E-state index in [1.807, 2.05) is 11.9 Å². The first-order valence-electron chi connectivity index (χ1n) is 13.2. The number of fused-ring (bicyclic) bond motifs is 1. The van der Waals surface area contributed by atoms with Crippen LogP contribution in [0.2, 0.25) is 0 Å². The monoisotopic (exact) mass is 557 g/mol. The Bertz CT molecular complexity index is 1380. The number of anilines is 2. The first kappa shape index (κ1) is 27.8. The van der Waals surface area contributed by atoms with Gasteiger partial charge in [0.25, 0.3) is 5.91 Å². The third-order valence-electron chi connectivity index (χ3n) is 7.51. The number of aromatic nitrogens is 3. The van der Waals surface area contributed by atoms with Gasteiger partial charge in [-0.2, -0.15) is 18.3 Å². The number of hydrogen-bond acceptors (Lipinski definition) is 7. The van der Waals surface area contributed by atoms with Crippen molar-refractivity contribution in [1.29, 1.82) is 0 Å². The number of alkyl halides is 4. The smallest absolute Gasteiger partial charge is 0.379 e. The van der Waals surface area contributed by atoms with E-state index in [0.29, 0.717) is 43.3 Å². The SMILES string of the molecule is C=C(c1nc(N[C@@H]2CC[C@H](NC(=O)c3cccnn3)C2)cc2c(N[C@@H]3CCN(C)C[C@@H]3F)cccc12)C(F)(F)F. The van der Waals surface area contributed by atoms with Gasteiger partial charge in [-0.15, -0.1) is 5.10 Å². The summed E-state index contributed by atoms with van der Waals surface area (Å²) in [4.78, 5) is 18.7. The van der Waals surface area contributed by atoms with Crippen molar-refractivity contribution in [1.82, 2.24) is 25.4 Å². The summed E-state index contributed by atoms with van der Waals surface area (Å²) in [7, 11) is 1.86. The molecular formula is C28H31F4N7O. The molecule has 2 aromatic heterocycles. The van der Waals surface area contributed by atoms with Crippen LogP contribution < -0.4 is 16.0 Å². The molecule has 1 aromatic carbocycles. The zero-order valence-corrected chi connectivity index (χ0v) is 22.0. The van der Waals surface area contributed by atoms with Crippen LogP contribution in [-0.2, 0) is 0 Å². The Kier molecular flexibility index (Phi) is 7.88. The number of allylic oxidation sites excluding steroid dienone is 1. The first-order valence-corrected chi connectivity index (χ1v) is 13.2. The quantitative estimate of drug-likeness (QED) is 0.359. The Morgan fingerprint density at radius 3 is 2.60 bits per heavy atom. The highest BCUT2D eigenvalue weighted by molar-refractivity contribution is 6.01. The minimum absolute atomic E-state index is 0.131. The normalized spacial score (nSPS) is 23.6. The molecule has 2 fully saturated rings. The molecule has 1 amide bonds. The van der Waals surface area contributed by atoms with Gasteiger partial charge in [0.15, 0.2) is 5.69 Å². The minimum Gasteiger partial charge on any atom is -0.379 e. The largest absolute Gasteiger partial charge is 0.417 e. The molecule has 3 N–H and O–H groups in total. The Morgan fingerprint density at radius 2 is 1.88 bits per heavy atom. The molecule has 212 valence electrons. The van der Waals surface area contributed by atoms with E-state index in [1.54, 1.807) is 36.4 Å². The van der Waals surface area contributed by atoms with Crippen molar-refractivity contribution in [3.05, 3.63) is 60.6 Å². The summed E-state index contributed by atoms with van der Waals surface area (Å²) in [6.45, 7) is 4.29. The number of rotatable bonds is 7. The Hall–Kier alpha value is -3.80. The number of nitrogens with one attached hydrogen (secondary N) is 3. The van der Waals surface area contributed by atoms with E-state index in [4.69, 9.17) is 0 Å². The van der Waals surface area contributed by atoms with Gasteiger partial charge in [-0.05, 0) is 57.0 Å². The molecule has 1 aliphatic heterocycles. The molecule has 4 atom stereocenters. The average Bonchev–Trinajstić information content (AvgIpc) is 3.36. The molecule has 2 aliphatic rings. The Morgan fingerprint density at radius 1 is 1.07 bits per heavy atom. The number of carbonyl (C=O) groups is 1. The van der Waals surface area contributed by atoms with Crippen LogP contribution in [0.4, 0.5) is 29.1 Å². The number of nitrogens with zero attached hydrogens (tertiary/aromatic N) is 4. The molecule has 0 spiro atoms. The van der Waals surface area contributed by atoms with Gasteiger partial charge in [-0.25, -0.2) is 9.37 Å². The number of likely N-dealkylation sites (tertiary alicyclic amines) is 1. The molecule has 1 saturated carbocycles. The molecule has 0 unspecified atom stereocenters. The van der Waals surface area contributed by atoms with Crippen molar-refractivity contribution in [2.24, 2.45) is 0 Å². The standard InChI is InChI=1S/C28H31F4N7O/c1-16(28(30,31)32)26-19-5-3-6-22(36-23-10-12-39(2)15-21(23)29)20(19)14-25(37-26)34-17-8-9-18(13-17)35-27(40)24-7-4-11-33-38-24/h3-7,11,14,17-18,21,23,36H,1,8-10,12-13,15H2,2H3,(H,34,37)(H,35,40)/t17-,18+,21+,23-/m1/s1. The van der Waals surface area contributed by atoms with Gasteiger partial charge in [0.1, 0.15) is 12.0 Å². The molecule has 40 heavy (non-hydrogen) atoms. The zero-order chi connectivity index (χ0) is 28.4. The van der Waals surface area contributed by atoms with Crippen LogP contribution in [0.15, 0.2) is 49.2 Å². The van der Waals surface area contributed by atoms with E-state index >= 15 is 0 Å². The van der Waals surface area contributed by atoms with Gasteiger partial charge in [0, 0.05) is 47.8 Å². The molecule has 0 radical (unpaired) electrons. The molecule has 1 saturated heterocycles.